The average molecular weight is 229 g/mol. The van der Waals surface area contributed by atoms with Gasteiger partial charge in [-0.2, -0.15) is 0 Å². The van der Waals surface area contributed by atoms with Crippen molar-refractivity contribution in [3.05, 3.63) is 34.9 Å². The Balaban J connectivity index is 2.78. The molecule has 1 aliphatic carbocycles. The third-order valence-corrected chi connectivity index (χ3v) is 2.92. The van der Waals surface area contributed by atoms with Crippen molar-refractivity contribution < 1.29 is 4.79 Å². The number of nitrogens with zero attached hydrogens (tertiary/aromatic N) is 3. The maximum Gasteiger partial charge on any atom is 0.243 e. The summed E-state index contributed by atoms with van der Waals surface area (Å²) in [5, 5.41) is 0.672. The molecule has 4 heteroatoms. The van der Waals surface area contributed by atoms with Crippen molar-refractivity contribution in [3.8, 4) is 11.4 Å². The lowest BCUT2D eigenvalue weighted by molar-refractivity contribution is -0.116. The molecule has 0 unspecified atom stereocenters. The van der Waals surface area contributed by atoms with E-state index in [-0.39, 0.29) is 5.91 Å². The molecule has 1 aliphatic heterocycles. The van der Waals surface area contributed by atoms with E-state index in [1.54, 1.807) is 0 Å². The van der Waals surface area contributed by atoms with Crippen LogP contribution in [0.2, 0.25) is 0 Å². The van der Waals surface area contributed by atoms with Crippen molar-refractivity contribution in [2.75, 3.05) is 0 Å². The molecule has 0 N–H and O–H groups in total. The molecular formula is C13H15N3O. The van der Waals surface area contributed by atoms with Crippen LogP contribution in [0, 0.1) is 13.8 Å². The summed E-state index contributed by atoms with van der Waals surface area (Å²) in [4.78, 5) is 19.4. The zero-order chi connectivity index (χ0) is 12.6. The Hall–Kier alpha value is -1.97. The lowest BCUT2D eigenvalue weighted by atomic mass is 10.1. The molecule has 2 rings (SSSR count). The largest absolute Gasteiger partial charge is 0.345 e. The Morgan fingerprint density at radius 1 is 1.35 bits per heavy atom. The molecule has 0 radical (unpaired) electrons. The zero-order valence-electron chi connectivity index (χ0n) is 10.5. The van der Waals surface area contributed by atoms with Crippen LogP contribution in [-0.4, -0.2) is 15.5 Å². The Bertz CT molecular complexity index is 625. The van der Waals surface area contributed by atoms with Crippen LogP contribution in [0.5, 0.6) is 0 Å². The first-order valence-corrected chi connectivity index (χ1v) is 5.48. The van der Waals surface area contributed by atoms with Crippen LogP contribution >= 0.6 is 0 Å². The van der Waals surface area contributed by atoms with E-state index in [0.717, 1.165) is 22.8 Å². The molecule has 88 valence electrons. The van der Waals surface area contributed by atoms with Gasteiger partial charge in [-0.25, -0.2) is 9.98 Å². The van der Waals surface area contributed by atoms with Crippen LogP contribution < -0.4 is 5.36 Å². The van der Waals surface area contributed by atoms with Gasteiger partial charge in [-0.1, -0.05) is 0 Å². The quantitative estimate of drug-likeness (QED) is 0.688. The molecule has 0 bridgehead atoms. The smallest absolute Gasteiger partial charge is 0.243 e. The average Bonchev–Trinajstić information content (AvgIpc) is 2.26. The van der Waals surface area contributed by atoms with Gasteiger partial charge in [-0.05, 0) is 32.0 Å². The van der Waals surface area contributed by atoms with Gasteiger partial charge in [-0.15, -0.1) is 0 Å². The Morgan fingerprint density at radius 3 is 2.71 bits per heavy atom. The van der Waals surface area contributed by atoms with Gasteiger partial charge in [0.05, 0.1) is 22.4 Å². The summed E-state index contributed by atoms with van der Waals surface area (Å²) in [5.74, 6) is -0.191. The minimum atomic E-state index is -0.191. The highest BCUT2D eigenvalue weighted by Crippen LogP contribution is 2.19. The van der Waals surface area contributed by atoms with Crippen molar-refractivity contribution in [2.45, 2.75) is 20.8 Å². The third-order valence-electron chi connectivity index (χ3n) is 2.92. The minimum Gasteiger partial charge on any atom is -0.345 e. The van der Waals surface area contributed by atoms with Crippen molar-refractivity contribution in [1.82, 2.24) is 9.55 Å². The highest BCUT2D eigenvalue weighted by Gasteiger charge is 2.09. The van der Waals surface area contributed by atoms with E-state index >= 15 is 0 Å². The number of carbonyl (C=O) groups excluding carboxylic acids is 1. The SMILES string of the molecule is CC(=O)N=c1ccc2nc(C)c(C)n(C)c-2c1. The molecule has 4 nitrogen and oxygen atoms in total. The second-order valence-corrected chi connectivity index (χ2v) is 4.15. The Kier molecular flexibility index (Phi) is 2.79. The molecule has 0 aromatic heterocycles. The third kappa shape index (κ3) is 2.11. The molecule has 0 spiro atoms. The number of hydrogen-bond donors (Lipinski definition) is 0. The maximum absolute atomic E-state index is 11.0. The van der Waals surface area contributed by atoms with Crippen LogP contribution in [0.15, 0.2) is 23.2 Å². The van der Waals surface area contributed by atoms with Gasteiger partial charge >= 0.3 is 0 Å². The van der Waals surface area contributed by atoms with E-state index < -0.39 is 0 Å². The fourth-order valence-electron chi connectivity index (χ4n) is 1.81. The number of benzene rings is 1. The summed E-state index contributed by atoms with van der Waals surface area (Å²) < 4.78 is 2.07. The number of fused-ring (bicyclic) bond motifs is 1. The molecule has 1 amide bonds. The van der Waals surface area contributed by atoms with E-state index in [4.69, 9.17) is 0 Å². The van der Waals surface area contributed by atoms with E-state index in [1.165, 1.54) is 6.92 Å². The molecule has 0 atom stereocenters. The van der Waals surface area contributed by atoms with Crippen LogP contribution in [0.4, 0.5) is 0 Å². The maximum atomic E-state index is 11.0. The number of amides is 1. The monoisotopic (exact) mass is 229 g/mol. The standard InChI is InChI=1S/C13H15N3O/c1-8-9(2)16(4)13-7-11(15-10(3)17)5-6-12(13)14-8/h5-7H,1-4H3. The van der Waals surface area contributed by atoms with Gasteiger partial charge in [-0.3, -0.25) is 4.79 Å². The number of aryl methyl sites for hydroxylation is 1. The second-order valence-electron chi connectivity index (χ2n) is 4.15. The highest BCUT2D eigenvalue weighted by atomic mass is 16.1. The number of rotatable bonds is 0. The van der Waals surface area contributed by atoms with E-state index in [1.807, 2.05) is 39.1 Å². The van der Waals surface area contributed by atoms with Crippen LogP contribution in [-0.2, 0) is 11.8 Å². The van der Waals surface area contributed by atoms with Gasteiger partial charge in [0.25, 0.3) is 0 Å². The first-order valence-electron chi connectivity index (χ1n) is 5.48. The van der Waals surface area contributed by atoms with Crippen LogP contribution in [0.1, 0.15) is 18.3 Å². The first kappa shape index (κ1) is 11.5. The van der Waals surface area contributed by atoms with Gasteiger partial charge in [0, 0.05) is 19.7 Å². The summed E-state index contributed by atoms with van der Waals surface area (Å²) in [7, 11) is 1.99. The first-order chi connectivity index (χ1) is 7.99. The number of hydrogen-bond acceptors (Lipinski definition) is 2. The summed E-state index contributed by atoms with van der Waals surface area (Å²) >= 11 is 0. The molecule has 17 heavy (non-hydrogen) atoms. The topological polar surface area (TPSA) is 47.2 Å². The summed E-state index contributed by atoms with van der Waals surface area (Å²) in [6.07, 6.45) is 0. The fourth-order valence-corrected chi connectivity index (χ4v) is 1.81. The van der Waals surface area contributed by atoms with Crippen molar-refractivity contribution in [3.63, 3.8) is 0 Å². The summed E-state index contributed by atoms with van der Waals surface area (Å²) in [6, 6.07) is 5.59. The normalized spacial score (nSPS) is 12.1. The van der Waals surface area contributed by atoms with E-state index in [2.05, 4.69) is 14.5 Å². The molecule has 2 aliphatic rings. The molecule has 0 saturated carbocycles. The lowest BCUT2D eigenvalue weighted by Gasteiger charge is -2.15. The van der Waals surface area contributed by atoms with Crippen molar-refractivity contribution >= 4 is 5.91 Å². The molecule has 0 aromatic rings. The lowest BCUT2D eigenvalue weighted by Crippen LogP contribution is -2.12. The Labute approximate surface area is 100.0 Å². The summed E-state index contributed by atoms with van der Waals surface area (Å²) in [5.41, 5.74) is 4.02. The molecule has 1 heterocycles. The van der Waals surface area contributed by atoms with Crippen molar-refractivity contribution in [2.24, 2.45) is 12.0 Å². The van der Waals surface area contributed by atoms with Gasteiger partial charge < -0.3 is 4.57 Å². The van der Waals surface area contributed by atoms with Gasteiger partial charge in [0.2, 0.25) is 5.91 Å². The summed E-state index contributed by atoms with van der Waals surface area (Å²) in [6.45, 7) is 5.46. The van der Waals surface area contributed by atoms with Crippen LogP contribution in [0.25, 0.3) is 11.4 Å². The second kappa shape index (κ2) is 4.13. The molecule has 0 fully saturated rings. The predicted octanol–water partition coefficient (Wildman–Crippen LogP) is 1.59. The Morgan fingerprint density at radius 2 is 2.06 bits per heavy atom. The van der Waals surface area contributed by atoms with Gasteiger partial charge in [0.1, 0.15) is 0 Å². The van der Waals surface area contributed by atoms with Crippen molar-refractivity contribution in [1.29, 1.82) is 0 Å². The number of carbonyl (C=O) groups is 1. The van der Waals surface area contributed by atoms with Crippen LogP contribution in [0.3, 0.4) is 0 Å². The predicted molar refractivity (Wildman–Crippen MR) is 65.5 cm³/mol. The zero-order valence-corrected chi connectivity index (χ0v) is 10.5. The van der Waals surface area contributed by atoms with E-state index in [0.29, 0.717) is 5.36 Å². The minimum absolute atomic E-state index is 0.191. The molecular weight excluding hydrogens is 214 g/mol. The number of aromatic nitrogens is 2. The van der Waals surface area contributed by atoms with Gasteiger partial charge in [0.15, 0.2) is 0 Å². The highest BCUT2D eigenvalue weighted by molar-refractivity contribution is 5.74. The molecule has 0 saturated heterocycles. The molecule has 0 aromatic carbocycles. The van der Waals surface area contributed by atoms with E-state index in [9.17, 15) is 4.79 Å². The fraction of sp³-hybridized carbons (Fsp3) is 0.308.